The van der Waals surface area contributed by atoms with Crippen molar-refractivity contribution in [2.45, 2.75) is 38.7 Å². The Kier molecular flexibility index (Phi) is 4.73. The topological polar surface area (TPSA) is 70.3 Å². The normalized spacial score (nSPS) is 10.7. The highest BCUT2D eigenvalue weighted by Gasteiger charge is 2.37. The van der Waals surface area contributed by atoms with Crippen molar-refractivity contribution in [2.24, 2.45) is 0 Å². The van der Waals surface area contributed by atoms with Crippen molar-refractivity contribution in [2.75, 3.05) is 0 Å². The standard InChI is InChI=1S/C14H17NO3/c1-3-14(4-2,13(16)17)18-12-7-5-11(6-8-12)9-10-15/h5-8H,3-4,9H2,1-2H3,(H,16,17). The fourth-order valence-corrected chi connectivity index (χ4v) is 1.73. The summed E-state index contributed by atoms with van der Waals surface area (Å²) in [5.74, 6) is -0.434. The zero-order valence-corrected chi connectivity index (χ0v) is 10.6. The molecular weight excluding hydrogens is 230 g/mol. The Morgan fingerprint density at radius 1 is 1.33 bits per heavy atom. The average Bonchev–Trinajstić information content (AvgIpc) is 2.38. The molecule has 0 atom stereocenters. The Morgan fingerprint density at radius 2 is 1.89 bits per heavy atom. The van der Waals surface area contributed by atoms with E-state index < -0.39 is 11.6 Å². The van der Waals surface area contributed by atoms with Gasteiger partial charge in [-0.15, -0.1) is 0 Å². The molecule has 0 aliphatic heterocycles. The molecule has 0 saturated carbocycles. The van der Waals surface area contributed by atoms with Crippen LogP contribution in [0, 0.1) is 11.3 Å². The number of carboxylic acid groups (broad SMARTS) is 1. The van der Waals surface area contributed by atoms with Gasteiger partial charge in [0.25, 0.3) is 0 Å². The van der Waals surface area contributed by atoms with Gasteiger partial charge in [-0.3, -0.25) is 0 Å². The summed E-state index contributed by atoms with van der Waals surface area (Å²) in [6.07, 6.45) is 1.14. The SMILES string of the molecule is CCC(CC)(Oc1ccc(CC#N)cc1)C(=O)O. The highest BCUT2D eigenvalue weighted by atomic mass is 16.5. The number of hydrogen-bond acceptors (Lipinski definition) is 3. The average molecular weight is 247 g/mol. The van der Waals surface area contributed by atoms with Crippen molar-refractivity contribution in [3.8, 4) is 11.8 Å². The van der Waals surface area contributed by atoms with Gasteiger partial charge in [0.05, 0.1) is 12.5 Å². The largest absolute Gasteiger partial charge is 0.478 e. The third kappa shape index (κ3) is 3.01. The van der Waals surface area contributed by atoms with Gasteiger partial charge in [-0.25, -0.2) is 4.79 Å². The summed E-state index contributed by atoms with van der Waals surface area (Å²) in [5, 5.41) is 17.8. The fraction of sp³-hybridized carbons (Fsp3) is 0.429. The van der Waals surface area contributed by atoms with Gasteiger partial charge in [-0.1, -0.05) is 26.0 Å². The van der Waals surface area contributed by atoms with Crippen LogP contribution >= 0.6 is 0 Å². The highest BCUT2D eigenvalue weighted by Crippen LogP contribution is 2.25. The molecule has 18 heavy (non-hydrogen) atoms. The Hall–Kier alpha value is -2.02. The van der Waals surface area contributed by atoms with Crippen LogP contribution in [0.3, 0.4) is 0 Å². The van der Waals surface area contributed by atoms with Gasteiger partial charge >= 0.3 is 5.97 Å². The van der Waals surface area contributed by atoms with Gasteiger partial charge in [0.15, 0.2) is 0 Å². The molecule has 96 valence electrons. The molecule has 0 radical (unpaired) electrons. The first-order valence-electron chi connectivity index (χ1n) is 5.96. The molecule has 0 bridgehead atoms. The lowest BCUT2D eigenvalue weighted by Gasteiger charge is -2.28. The van der Waals surface area contributed by atoms with E-state index in [-0.39, 0.29) is 0 Å². The molecule has 1 rings (SSSR count). The van der Waals surface area contributed by atoms with Gasteiger partial charge in [-0.05, 0) is 30.5 Å². The van der Waals surface area contributed by atoms with Crippen molar-refractivity contribution >= 4 is 5.97 Å². The number of nitriles is 1. The lowest BCUT2D eigenvalue weighted by Crippen LogP contribution is -2.43. The van der Waals surface area contributed by atoms with Crippen molar-refractivity contribution in [1.29, 1.82) is 5.26 Å². The smallest absolute Gasteiger partial charge is 0.348 e. The van der Waals surface area contributed by atoms with E-state index in [0.717, 1.165) is 5.56 Å². The van der Waals surface area contributed by atoms with Crippen LogP contribution in [0.2, 0.25) is 0 Å². The Balaban J connectivity index is 2.88. The Bertz CT molecular complexity index is 441. The number of rotatable bonds is 6. The van der Waals surface area contributed by atoms with Crippen LogP contribution in [0.1, 0.15) is 32.3 Å². The number of benzene rings is 1. The van der Waals surface area contributed by atoms with E-state index in [9.17, 15) is 9.90 Å². The number of carboxylic acids is 1. The molecule has 1 aromatic rings. The molecule has 0 fully saturated rings. The van der Waals surface area contributed by atoms with E-state index in [2.05, 4.69) is 6.07 Å². The molecule has 0 aliphatic carbocycles. The number of hydrogen-bond donors (Lipinski definition) is 1. The third-order valence-electron chi connectivity index (χ3n) is 3.05. The number of nitrogens with zero attached hydrogens (tertiary/aromatic N) is 1. The van der Waals surface area contributed by atoms with Crippen molar-refractivity contribution in [3.05, 3.63) is 29.8 Å². The molecule has 0 heterocycles. The lowest BCUT2D eigenvalue weighted by atomic mass is 9.97. The zero-order valence-electron chi connectivity index (χ0n) is 10.6. The third-order valence-corrected chi connectivity index (χ3v) is 3.05. The van der Waals surface area contributed by atoms with Crippen LogP contribution in [0.4, 0.5) is 0 Å². The molecule has 0 amide bonds. The van der Waals surface area contributed by atoms with Crippen molar-refractivity contribution in [1.82, 2.24) is 0 Å². The van der Waals surface area contributed by atoms with E-state index in [0.29, 0.717) is 25.0 Å². The summed E-state index contributed by atoms with van der Waals surface area (Å²) in [6, 6.07) is 9.01. The Labute approximate surface area is 107 Å². The van der Waals surface area contributed by atoms with Gasteiger partial charge in [-0.2, -0.15) is 5.26 Å². The number of ether oxygens (including phenoxy) is 1. The minimum Gasteiger partial charge on any atom is -0.478 e. The van der Waals surface area contributed by atoms with Crippen molar-refractivity contribution < 1.29 is 14.6 Å². The molecule has 1 N–H and O–H groups in total. The fourth-order valence-electron chi connectivity index (χ4n) is 1.73. The maximum atomic E-state index is 11.3. The minimum absolute atomic E-state index is 0.339. The van der Waals surface area contributed by atoms with Crippen LogP contribution in [0.25, 0.3) is 0 Å². The molecule has 0 saturated heterocycles. The zero-order chi connectivity index (χ0) is 13.6. The van der Waals surface area contributed by atoms with Gasteiger partial charge < -0.3 is 9.84 Å². The first kappa shape index (κ1) is 14.0. The predicted octanol–water partition coefficient (Wildman–Crippen LogP) is 2.77. The van der Waals surface area contributed by atoms with E-state index in [4.69, 9.17) is 10.00 Å². The Morgan fingerprint density at radius 3 is 2.28 bits per heavy atom. The molecule has 4 nitrogen and oxygen atoms in total. The summed E-state index contributed by atoms with van der Waals surface area (Å²) in [4.78, 5) is 11.3. The molecule has 0 unspecified atom stereocenters. The van der Waals surface area contributed by atoms with Crippen LogP contribution in [-0.2, 0) is 11.2 Å². The van der Waals surface area contributed by atoms with Crippen LogP contribution in [-0.4, -0.2) is 16.7 Å². The van der Waals surface area contributed by atoms with E-state index in [1.807, 2.05) is 0 Å². The summed E-state index contributed by atoms with van der Waals surface area (Å²) in [7, 11) is 0. The monoisotopic (exact) mass is 247 g/mol. The summed E-state index contributed by atoms with van der Waals surface area (Å²) in [5.41, 5.74) is -0.282. The second kappa shape index (κ2) is 6.06. The molecule has 1 aromatic carbocycles. The van der Waals surface area contributed by atoms with Crippen LogP contribution < -0.4 is 4.74 Å². The van der Waals surface area contributed by atoms with Crippen LogP contribution in [0.15, 0.2) is 24.3 Å². The van der Waals surface area contributed by atoms with Crippen molar-refractivity contribution in [3.63, 3.8) is 0 Å². The van der Waals surface area contributed by atoms with E-state index in [1.54, 1.807) is 38.1 Å². The molecular formula is C14H17NO3. The highest BCUT2D eigenvalue weighted by molar-refractivity contribution is 5.77. The summed E-state index contributed by atoms with van der Waals surface area (Å²) in [6.45, 7) is 3.59. The second-order valence-electron chi connectivity index (χ2n) is 4.09. The van der Waals surface area contributed by atoms with E-state index >= 15 is 0 Å². The molecule has 4 heteroatoms. The second-order valence-corrected chi connectivity index (χ2v) is 4.09. The summed E-state index contributed by atoms with van der Waals surface area (Å²) < 4.78 is 5.61. The first-order valence-corrected chi connectivity index (χ1v) is 5.96. The maximum absolute atomic E-state index is 11.3. The van der Waals surface area contributed by atoms with Gasteiger partial charge in [0.1, 0.15) is 5.75 Å². The molecule has 0 spiro atoms. The first-order chi connectivity index (χ1) is 8.57. The predicted molar refractivity (Wildman–Crippen MR) is 67.3 cm³/mol. The molecule has 0 aromatic heterocycles. The van der Waals surface area contributed by atoms with Gasteiger partial charge in [0, 0.05) is 0 Å². The number of carbonyl (C=O) groups is 1. The molecule has 0 aliphatic rings. The quantitative estimate of drug-likeness (QED) is 0.839. The summed E-state index contributed by atoms with van der Waals surface area (Å²) >= 11 is 0. The maximum Gasteiger partial charge on any atom is 0.348 e. The van der Waals surface area contributed by atoms with Gasteiger partial charge in [0.2, 0.25) is 5.60 Å². The minimum atomic E-state index is -1.17. The van der Waals surface area contributed by atoms with Crippen LogP contribution in [0.5, 0.6) is 5.75 Å². The van der Waals surface area contributed by atoms with E-state index in [1.165, 1.54) is 0 Å². The number of aliphatic carboxylic acids is 1. The lowest BCUT2D eigenvalue weighted by molar-refractivity contribution is -0.156.